The monoisotopic (exact) mass is 1060 g/mol. The lowest BCUT2D eigenvalue weighted by Gasteiger charge is -2.22. The summed E-state index contributed by atoms with van der Waals surface area (Å²) in [5.41, 5.74) is 0. The van der Waals surface area contributed by atoms with Crippen molar-refractivity contribution in [1.29, 1.82) is 0 Å². The fraction of sp³-hybridized carbons (Fsp3) is 0.913. The molecule has 0 heterocycles. The summed E-state index contributed by atoms with van der Waals surface area (Å²) < 4.78 is 5.49. The molecule has 0 aromatic rings. The minimum Gasteiger partial charge on any atom is -0.466 e. The molecule has 0 bridgehead atoms. The van der Waals surface area contributed by atoms with Crippen molar-refractivity contribution in [2.45, 2.75) is 392 Å². The second-order valence-electron chi connectivity index (χ2n) is 23.5. The molecular weight excluding hydrogens is 923 g/mol. The molecule has 0 aromatic carbocycles. The Morgan fingerprint density at radius 1 is 0.373 bits per heavy atom. The van der Waals surface area contributed by atoms with Gasteiger partial charge in [-0.05, 0) is 57.8 Å². The third-order valence-electron chi connectivity index (χ3n) is 16.0. The van der Waals surface area contributed by atoms with Gasteiger partial charge in [0, 0.05) is 12.8 Å². The SMILES string of the molecule is CCCCC/C=C\C/C=C\CCCCCCCC(=O)OCCCCCCCCCCCCCCCCCCCCCCCCCCCCCC(=O)NC(CO)C(O)CCCCCCCCCCCCCCCCCC. The van der Waals surface area contributed by atoms with Gasteiger partial charge in [-0.2, -0.15) is 0 Å². The number of aliphatic hydroxyl groups excluding tert-OH is 2. The number of esters is 1. The highest BCUT2D eigenvalue weighted by atomic mass is 16.5. The van der Waals surface area contributed by atoms with Gasteiger partial charge < -0.3 is 20.3 Å². The summed E-state index contributed by atoms with van der Waals surface area (Å²) in [5, 5.41) is 23.3. The number of hydrogen-bond acceptors (Lipinski definition) is 5. The first kappa shape index (κ1) is 73.3. The zero-order chi connectivity index (χ0) is 54.3. The van der Waals surface area contributed by atoms with Crippen molar-refractivity contribution >= 4 is 11.9 Å². The molecule has 75 heavy (non-hydrogen) atoms. The van der Waals surface area contributed by atoms with E-state index in [4.69, 9.17) is 4.74 Å². The number of hydrogen-bond donors (Lipinski definition) is 3. The molecule has 6 nitrogen and oxygen atoms in total. The lowest BCUT2D eigenvalue weighted by atomic mass is 10.0. The van der Waals surface area contributed by atoms with Crippen molar-refractivity contribution in [2.24, 2.45) is 0 Å². The normalized spacial score (nSPS) is 12.6. The molecule has 0 rings (SSSR count). The smallest absolute Gasteiger partial charge is 0.305 e. The zero-order valence-electron chi connectivity index (χ0n) is 50.8. The van der Waals surface area contributed by atoms with Crippen LogP contribution < -0.4 is 5.32 Å². The van der Waals surface area contributed by atoms with Crippen LogP contribution in [0.2, 0.25) is 0 Å². The van der Waals surface area contributed by atoms with E-state index in [0.717, 1.165) is 51.4 Å². The number of rotatable bonds is 64. The van der Waals surface area contributed by atoms with Gasteiger partial charge in [0.2, 0.25) is 5.91 Å². The Balaban J connectivity index is 3.34. The molecule has 2 unspecified atom stereocenters. The molecule has 0 fully saturated rings. The van der Waals surface area contributed by atoms with Gasteiger partial charge >= 0.3 is 5.97 Å². The van der Waals surface area contributed by atoms with E-state index in [2.05, 4.69) is 43.5 Å². The molecule has 444 valence electrons. The highest BCUT2D eigenvalue weighted by molar-refractivity contribution is 5.76. The molecule has 0 aliphatic rings. The van der Waals surface area contributed by atoms with Gasteiger partial charge in [-0.3, -0.25) is 9.59 Å². The average Bonchev–Trinajstić information content (AvgIpc) is 3.41. The van der Waals surface area contributed by atoms with Gasteiger partial charge in [-0.15, -0.1) is 0 Å². The number of aliphatic hydroxyl groups is 2. The summed E-state index contributed by atoms with van der Waals surface area (Å²) in [4.78, 5) is 24.6. The Bertz CT molecular complexity index is 1170. The van der Waals surface area contributed by atoms with E-state index >= 15 is 0 Å². The number of allylic oxidation sites excluding steroid dienone is 4. The second-order valence-corrected chi connectivity index (χ2v) is 23.5. The second kappa shape index (κ2) is 64.9. The van der Waals surface area contributed by atoms with Crippen LogP contribution in [0.3, 0.4) is 0 Å². The van der Waals surface area contributed by atoms with Gasteiger partial charge in [0.05, 0.1) is 25.4 Å². The molecule has 0 aliphatic carbocycles. The quantitative estimate of drug-likeness (QED) is 0.0320. The Labute approximate surface area is 469 Å². The van der Waals surface area contributed by atoms with E-state index in [0.29, 0.717) is 25.9 Å². The van der Waals surface area contributed by atoms with Crippen LogP contribution in [0.1, 0.15) is 380 Å². The third kappa shape index (κ3) is 61.4. The van der Waals surface area contributed by atoms with E-state index in [1.165, 1.54) is 295 Å². The predicted octanol–water partition coefficient (Wildman–Crippen LogP) is 21.8. The number of unbranched alkanes of at least 4 members (excludes halogenated alkanes) is 49. The van der Waals surface area contributed by atoms with E-state index < -0.39 is 12.1 Å². The lowest BCUT2D eigenvalue weighted by molar-refractivity contribution is -0.143. The molecule has 0 saturated heterocycles. The van der Waals surface area contributed by atoms with Crippen LogP contribution in [-0.4, -0.2) is 47.4 Å². The van der Waals surface area contributed by atoms with Gasteiger partial charge in [0.15, 0.2) is 0 Å². The number of nitrogens with one attached hydrogen (secondary N) is 1. The largest absolute Gasteiger partial charge is 0.466 e. The summed E-state index contributed by atoms with van der Waals surface area (Å²) in [7, 11) is 0. The summed E-state index contributed by atoms with van der Waals surface area (Å²) in [6.07, 6.45) is 80.7. The van der Waals surface area contributed by atoms with E-state index in [1.807, 2.05) is 0 Å². The van der Waals surface area contributed by atoms with Gasteiger partial charge in [-0.1, -0.05) is 334 Å². The average molecular weight is 1060 g/mol. The number of ether oxygens (including phenoxy) is 1. The third-order valence-corrected chi connectivity index (χ3v) is 16.0. The minimum absolute atomic E-state index is 0.00462. The van der Waals surface area contributed by atoms with Crippen molar-refractivity contribution in [3.05, 3.63) is 24.3 Å². The lowest BCUT2D eigenvalue weighted by Crippen LogP contribution is -2.45. The molecule has 3 N–H and O–H groups in total. The van der Waals surface area contributed by atoms with Crippen LogP contribution >= 0.6 is 0 Å². The highest BCUT2D eigenvalue weighted by Gasteiger charge is 2.20. The molecule has 0 saturated carbocycles. The van der Waals surface area contributed by atoms with Crippen molar-refractivity contribution in [3.8, 4) is 0 Å². The number of carbonyl (C=O) groups excluding carboxylic acids is 2. The van der Waals surface area contributed by atoms with Crippen molar-refractivity contribution in [2.75, 3.05) is 13.2 Å². The Kier molecular flexibility index (Phi) is 63.4. The predicted molar refractivity (Wildman–Crippen MR) is 329 cm³/mol. The fourth-order valence-electron chi connectivity index (χ4n) is 10.8. The minimum atomic E-state index is -0.662. The van der Waals surface area contributed by atoms with Crippen molar-refractivity contribution < 1.29 is 24.5 Å². The Morgan fingerprint density at radius 3 is 1.04 bits per heavy atom. The fourth-order valence-corrected chi connectivity index (χ4v) is 10.8. The molecule has 2 atom stereocenters. The van der Waals surface area contributed by atoms with Crippen LogP contribution in [0.15, 0.2) is 24.3 Å². The van der Waals surface area contributed by atoms with E-state index in [9.17, 15) is 19.8 Å². The maximum absolute atomic E-state index is 12.5. The molecule has 0 aromatic heterocycles. The molecular formula is C69H133NO5. The van der Waals surface area contributed by atoms with Gasteiger partial charge in [-0.25, -0.2) is 0 Å². The Morgan fingerprint density at radius 2 is 0.667 bits per heavy atom. The standard InChI is InChI=1S/C69H133NO5/c1-3-5-7-9-11-13-15-17-19-34-37-41-45-49-53-57-61-67(72)66(65-71)70-68(73)62-58-54-50-46-42-38-35-31-29-27-25-23-21-20-22-24-26-28-30-32-36-40-44-48-52-56-60-64-75-69(74)63-59-55-51-47-43-39-33-18-16-14-12-10-8-6-4-2/h12,14,18,33,66-67,71-72H,3-11,13,15-17,19-32,34-65H2,1-2H3,(H,70,73)/b14-12-,33-18-. The van der Waals surface area contributed by atoms with Crippen LogP contribution in [-0.2, 0) is 14.3 Å². The first-order valence-corrected chi connectivity index (χ1v) is 34.1. The zero-order valence-corrected chi connectivity index (χ0v) is 50.8. The van der Waals surface area contributed by atoms with E-state index in [-0.39, 0.29) is 18.5 Å². The van der Waals surface area contributed by atoms with Crippen molar-refractivity contribution in [1.82, 2.24) is 5.32 Å². The summed E-state index contributed by atoms with van der Waals surface area (Å²) in [5.74, 6) is -0.0247. The van der Waals surface area contributed by atoms with Gasteiger partial charge in [0.25, 0.3) is 0 Å². The first-order valence-electron chi connectivity index (χ1n) is 34.1. The van der Waals surface area contributed by atoms with Crippen LogP contribution in [0.5, 0.6) is 0 Å². The first-order chi connectivity index (χ1) is 37.0. The number of amides is 1. The van der Waals surface area contributed by atoms with Gasteiger partial charge in [0.1, 0.15) is 0 Å². The molecule has 1 amide bonds. The summed E-state index contributed by atoms with van der Waals surface area (Å²) >= 11 is 0. The summed E-state index contributed by atoms with van der Waals surface area (Å²) in [6, 6.07) is -0.539. The summed E-state index contributed by atoms with van der Waals surface area (Å²) in [6.45, 7) is 4.95. The van der Waals surface area contributed by atoms with Crippen LogP contribution in [0.4, 0.5) is 0 Å². The molecule has 6 heteroatoms. The topological polar surface area (TPSA) is 95.9 Å². The number of carbonyl (C=O) groups is 2. The maximum Gasteiger partial charge on any atom is 0.305 e. The molecule has 0 spiro atoms. The molecule has 0 radical (unpaired) electrons. The highest BCUT2D eigenvalue weighted by Crippen LogP contribution is 2.19. The van der Waals surface area contributed by atoms with Crippen LogP contribution in [0.25, 0.3) is 0 Å². The molecule has 0 aliphatic heterocycles. The Hall–Kier alpha value is -1.66. The van der Waals surface area contributed by atoms with Crippen molar-refractivity contribution in [3.63, 3.8) is 0 Å². The van der Waals surface area contributed by atoms with Crippen LogP contribution in [0, 0.1) is 0 Å². The maximum atomic E-state index is 12.5. The van der Waals surface area contributed by atoms with E-state index in [1.54, 1.807) is 0 Å².